The number of β-amino-alcohol motifs (C(OH)–C–C–N with tert-alkyl or cyclic N) is 1. The Labute approximate surface area is 212 Å². The van der Waals surface area contributed by atoms with Crippen molar-refractivity contribution in [3.8, 4) is 5.75 Å². The number of aliphatic hydroxyl groups excluding tert-OH is 1. The molecule has 2 aromatic carbocycles. The fourth-order valence-corrected chi connectivity index (χ4v) is 4.70. The third kappa shape index (κ3) is 9.06. The number of benzene rings is 2. The minimum Gasteiger partial charge on any atom is -0.488 e. The van der Waals surface area contributed by atoms with E-state index in [4.69, 9.17) is 9.84 Å². The summed E-state index contributed by atoms with van der Waals surface area (Å²) in [4.78, 5) is 10.6. The molecule has 0 heterocycles. The van der Waals surface area contributed by atoms with Crippen molar-refractivity contribution in [1.82, 2.24) is 5.32 Å². The van der Waals surface area contributed by atoms with Crippen LogP contribution in [0.5, 0.6) is 5.75 Å². The van der Waals surface area contributed by atoms with E-state index in [-0.39, 0.29) is 43.3 Å². The second-order valence-corrected chi connectivity index (χ2v) is 9.97. The molecular weight excluding hydrogens is 476 g/mol. The molecule has 0 aliphatic heterocycles. The Bertz CT molecular complexity index is 961. The molecule has 8 heteroatoms. The van der Waals surface area contributed by atoms with Crippen LogP contribution < -0.4 is 10.1 Å². The zero-order chi connectivity index (χ0) is 24.7. The van der Waals surface area contributed by atoms with E-state index in [1.165, 1.54) is 17.2 Å². The molecule has 0 bridgehead atoms. The van der Waals surface area contributed by atoms with Gasteiger partial charge >= 0.3 is 5.97 Å². The van der Waals surface area contributed by atoms with Crippen molar-refractivity contribution < 1.29 is 28.5 Å². The topological polar surface area (TPSA) is 78.8 Å². The van der Waals surface area contributed by atoms with Crippen LogP contribution in [0, 0.1) is 17.6 Å². The molecule has 3 rings (SSSR count). The standard InChI is InChI=1S/C27H35F2NO4.ClH/c1-27(2,15-19-11-20-8-4-5-9-21(20)12-19)30-16-22(31)17-34-24-14-18(13-23(28)26(24)29)7-3-6-10-25(32)33;/h4-5,8-9,13-14,19,22,30-31H,3,6-7,10-12,15-17H2,1-2H3,(H,32,33);1H. The molecule has 194 valence electrons. The molecule has 5 nitrogen and oxygen atoms in total. The zero-order valence-corrected chi connectivity index (χ0v) is 21.2. The molecule has 35 heavy (non-hydrogen) atoms. The lowest BCUT2D eigenvalue weighted by molar-refractivity contribution is -0.137. The second kappa shape index (κ2) is 13.2. The molecular formula is C27H36ClF2NO4. The highest BCUT2D eigenvalue weighted by Gasteiger charge is 2.28. The summed E-state index contributed by atoms with van der Waals surface area (Å²) in [5.74, 6) is -2.68. The molecule has 1 atom stereocenters. The third-order valence-corrected chi connectivity index (χ3v) is 6.34. The van der Waals surface area contributed by atoms with Gasteiger partial charge in [0.1, 0.15) is 12.7 Å². The van der Waals surface area contributed by atoms with E-state index >= 15 is 0 Å². The molecule has 0 saturated carbocycles. The van der Waals surface area contributed by atoms with Gasteiger partial charge in [-0.15, -0.1) is 12.4 Å². The number of hydrogen-bond acceptors (Lipinski definition) is 4. The Kier molecular flexibility index (Phi) is 10.9. The van der Waals surface area contributed by atoms with E-state index in [9.17, 15) is 18.7 Å². The van der Waals surface area contributed by atoms with Gasteiger partial charge in [0.2, 0.25) is 5.82 Å². The highest BCUT2D eigenvalue weighted by Crippen LogP contribution is 2.32. The number of ether oxygens (including phenoxy) is 1. The molecule has 0 saturated heterocycles. The Morgan fingerprint density at radius 1 is 1.17 bits per heavy atom. The summed E-state index contributed by atoms with van der Waals surface area (Å²) in [6.07, 6.45) is 3.65. The monoisotopic (exact) mass is 511 g/mol. The maximum Gasteiger partial charge on any atom is 0.303 e. The lowest BCUT2D eigenvalue weighted by atomic mass is 9.88. The minimum atomic E-state index is -1.09. The van der Waals surface area contributed by atoms with Crippen molar-refractivity contribution in [2.24, 2.45) is 5.92 Å². The molecule has 2 aromatic rings. The van der Waals surface area contributed by atoms with Crippen LogP contribution in [0.4, 0.5) is 8.78 Å². The first kappa shape index (κ1) is 29.0. The summed E-state index contributed by atoms with van der Waals surface area (Å²) < 4.78 is 33.5. The average Bonchev–Trinajstić information content (AvgIpc) is 3.18. The molecule has 0 aromatic heterocycles. The van der Waals surface area contributed by atoms with Gasteiger partial charge in [-0.05, 0) is 87.1 Å². The van der Waals surface area contributed by atoms with Gasteiger partial charge in [0.15, 0.2) is 11.6 Å². The number of carboxylic acid groups (broad SMARTS) is 1. The largest absolute Gasteiger partial charge is 0.488 e. The Morgan fingerprint density at radius 3 is 2.46 bits per heavy atom. The molecule has 3 N–H and O–H groups in total. The summed E-state index contributed by atoms with van der Waals surface area (Å²) >= 11 is 0. The van der Waals surface area contributed by atoms with Crippen molar-refractivity contribution in [3.63, 3.8) is 0 Å². The third-order valence-electron chi connectivity index (χ3n) is 6.34. The molecule has 0 fully saturated rings. The summed E-state index contributed by atoms with van der Waals surface area (Å²) in [7, 11) is 0. The molecule has 0 amide bonds. The number of unbranched alkanes of at least 4 members (excludes halogenated alkanes) is 1. The number of aryl methyl sites for hydroxylation is 1. The van der Waals surface area contributed by atoms with E-state index in [1.807, 2.05) is 0 Å². The van der Waals surface area contributed by atoms with Gasteiger partial charge in [-0.3, -0.25) is 4.79 Å². The van der Waals surface area contributed by atoms with Crippen LogP contribution in [0.2, 0.25) is 0 Å². The first-order chi connectivity index (χ1) is 16.1. The number of hydrogen-bond donors (Lipinski definition) is 3. The lowest BCUT2D eigenvalue weighted by Gasteiger charge is -2.30. The summed E-state index contributed by atoms with van der Waals surface area (Å²) in [6.45, 7) is 4.31. The van der Waals surface area contributed by atoms with Gasteiger partial charge in [0, 0.05) is 18.5 Å². The van der Waals surface area contributed by atoms with Crippen molar-refractivity contribution in [2.75, 3.05) is 13.2 Å². The average molecular weight is 512 g/mol. The highest BCUT2D eigenvalue weighted by atomic mass is 35.5. The summed E-state index contributed by atoms with van der Waals surface area (Å²) in [6, 6.07) is 11.0. The summed E-state index contributed by atoms with van der Waals surface area (Å²) in [5, 5.41) is 22.5. The zero-order valence-electron chi connectivity index (χ0n) is 20.4. The number of fused-ring (bicyclic) bond motifs is 1. The second-order valence-electron chi connectivity index (χ2n) is 9.97. The Balaban J connectivity index is 0.00000432. The fourth-order valence-electron chi connectivity index (χ4n) is 4.70. The van der Waals surface area contributed by atoms with Gasteiger partial charge in [0.05, 0.1) is 0 Å². The van der Waals surface area contributed by atoms with Crippen LogP contribution in [-0.4, -0.2) is 41.0 Å². The molecule has 1 unspecified atom stereocenters. The molecule has 0 radical (unpaired) electrons. The number of rotatable bonds is 13. The van der Waals surface area contributed by atoms with Gasteiger partial charge in [0.25, 0.3) is 0 Å². The number of halogens is 3. The van der Waals surface area contributed by atoms with Crippen LogP contribution >= 0.6 is 12.4 Å². The maximum absolute atomic E-state index is 14.2. The normalized spacial score (nSPS) is 14.3. The number of carbonyl (C=O) groups is 1. The quantitative estimate of drug-likeness (QED) is 0.326. The van der Waals surface area contributed by atoms with Crippen molar-refractivity contribution in [1.29, 1.82) is 0 Å². The van der Waals surface area contributed by atoms with E-state index in [1.54, 1.807) is 0 Å². The van der Waals surface area contributed by atoms with Gasteiger partial charge in [-0.1, -0.05) is 24.3 Å². The first-order valence-electron chi connectivity index (χ1n) is 12.0. The van der Waals surface area contributed by atoms with Crippen LogP contribution in [0.15, 0.2) is 36.4 Å². The number of aliphatic hydroxyl groups is 1. The van der Waals surface area contributed by atoms with E-state index in [0.717, 1.165) is 25.3 Å². The Morgan fingerprint density at radius 2 is 1.83 bits per heavy atom. The molecule has 0 spiro atoms. The number of nitrogens with one attached hydrogen (secondary N) is 1. The number of carboxylic acids is 1. The smallest absolute Gasteiger partial charge is 0.303 e. The first-order valence-corrected chi connectivity index (χ1v) is 12.0. The van der Waals surface area contributed by atoms with Gasteiger partial charge < -0.3 is 20.3 Å². The van der Waals surface area contributed by atoms with Crippen LogP contribution in [-0.2, 0) is 24.1 Å². The predicted molar refractivity (Wildman–Crippen MR) is 134 cm³/mol. The van der Waals surface area contributed by atoms with Gasteiger partial charge in [-0.2, -0.15) is 4.39 Å². The Hall–Kier alpha value is -2.22. The molecule has 1 aliphatic rings. The van der Waals surface area contributed by atoms with Gasteiger partial charge in [-0.25, -0.2) is 4.39 Å². The summed E-state index contributed by atoms with van der Waals surface area (Å²) in [5.41, 5.74) is 3.16. The fraction of sp³-hybridized carbons (Fsp3) is 0.519. The minimum absolute atomic E-state index is 0. The van der Waals surface area contributed by atoms with Crippen LogP contribution in [0.1, 0.15) is 56.2 Å². The van der Waals surface area contributed by atoms with E-state index < -0.39 is 23.7 Å². The van der Waals surface area contributed by atoms with Crippen molar-refractivity contribution in [2.45, 2.75) is 70.4 Å². The van der Waals surface area contributed by atoms with E-state index in [0.29, 0.717) is 30.7 Å². The number of aliphatic carboxylic acids is 1. The molecule has 1 aliphatic carbocycles. The SMILES string of the molecule is CC(C)(CC1Cc2ccccc2C1)NCC(O)COc1cc(CCCCC(=O)O)cc(F)c1F.Cl. The van der Waals surface area contributed by atoms with Crippen molar-refractivity contribution in [3.05, 3.63) is 64.7 Å². The van der Waals surface area contributed by atoms with E-state index in [2.05, 4.69) is 43.4 Å². The van der Waals surface area contributed by atoms with Crippen LogP contribution in [0.3, 0.4) is 0 Å². The lowest BCUT2D eigenvalue weighted by Crippen LogP contribution is -2.46. The maximum atomic E-state index is 14.2. The van der Waals surface area contributed by atoms with Crippen LogP contribution in [0.25, 0.3) is 0 Å². The predicted octanol–water partition coefficient (Wildman–Crippen LogP) is 5.10. The highest BCUT2D eigenvalue weighted by molar-refractivity contribution is 5.85. The van der Waals surface area contributed by atoms with Crippen molar-refractivity contribution >= 4 is 18.4 Å².